The lowest BCUT2D eigenvalue weighted by atomic mass is 10.00. The minimum atomic E-state index is -0.955. The number of para-hydroxylation sites is 1. The van der Waals surface area contributed by atoms with Crippen LogP contribution in [0.25, 0.3) is 0 Å². The van der Waals surface area contributed by atoms with Crippen LogP contribution in [0.15, 0.2) is 54.6 Å². The van der Waals surface area contributed by atoms with Crippen LogP contribution in [-0.4, -0.2) is 47.6 Å². The van der Waals surface area contributed by atoms with Gasteiger partial charge in [0.1, 0.15) is 12.4 Å². The van der Waals surface area contributed by atoms with Gasteiger partial charge in [0, 0.05) is 6.54 Å². The largest absolute Gasteiger partial charge is 0.492 e. The van der Waals surface area contributed by atoms with E-state index in [-0.39, 0.29) is 36.0 Å². The van der Waals surface area contributed by atoms with E-state index in [1.54, 1.807) is 24.3 Å². The summed E-state index contributed by atoms with van der Waals surface area (Å²) in [6.45, 7) is 4.05. The highest BCUT2D eigenvalue weighted by molar-refractivity contribution is 5.87. The molecule has 2 aromatic carbocycles. The van der Waals surface area contributed by atoms with Crippen molar-refractivity contribution in [3.63, 3.8) is 0 Å². The van der Waals surface area contributed by atoms with Gasteiger partial charge in [0.15, 0.2) is 0 Å². The van der Waals surface area contributed by atoms with Crippen molar-refractivity contribution in [3.8, 4) is 5.75 Å². The number of rotatable bonds is 8. The number of nitrogens with one attached hydrogen (secondary N) is 1. The van der Waals surface area contributed by atoms with Crippen LogP contribution in [0.3, 0.4) is 0 Å². The third kappa shape index (κ3) is 6.47. The molecule has 2 atom stereocenters. The molecule has 1 aliphatic rings. The summed E-state index contributed by atoms with van der Waals surface area (Å²) in [5, 5.41) is 12.1. The molecule has 1 fully saturated rings. The second-order valence-electron chi connectivity index (χ2n) is 7.37. The van der Waals surface area contributed by atoms with Crippen molar-refractivity contribution < 1.29 is 19.4 Å². The van der Waals surface area contributed by atoms with E-state index in [1.807, 2.05) is 37.3 Å². The third-order valence-corrected chi connectivity index (χ3v) is 5.32. The third-order valence-electron chi connectivity index (χ3n) is 5.32. The summed E-state index contributed by atoms with van der Waals surface area (Å²) < 4.78 is 5.80. The van der Waals surface area contributed by atoms with Gasteiger partial charge in [0.2, 0.25) is 5.91 Å². The molecule has 6 nitrogen and oxygen atoms in total. The molecule has 162 valence electrons. The van der Waals surface area contributed by atoms with E-state index in [4.69, 9.17) is 9.84 Å². The number of carbonyl (C=O) groups excluding carboxylic acids is 1. The van der Waals surface area contributed by atoms with Crippen LogP contribution in [0, 0.1) is 0 Å². The Bertz CT molecular complexity index is 814. The maximum Gasteiger partial charge on any atom is 0.335 e. The molecule has 7 heteroatoms. The van der Waals surface area contributed by atoms with Crippen LogP contribution in [0.5, 0.6) is 5.75 Å². The van der Waals surface area contributed by atoms with Crippen LogP contribution >= 0.6 is 12.4 Å². The zero-order valence-corrected chi connectivity index (χ0v) is 17.9. The minimum absolute atomic E-state index is 0. The average molecular weight is 433 g/mol. The topological polar surface area (TPSA) is 78.9 Å². The highest BCUT2D eigenvalue weighted by Gasteiger charge is 2.29. The number of nitrogens with zero attached hydrogens (tertiary/aromatic N) is 1. The van der Waals surface area contributed by atoms with Crippen molar-refractivity contribution in [3.05, 3.63) is 65.7 Å². The fourth-order valence-corrected chi connectivity index (χ4v) is 3.66. The first-order valence-corrected chi connectivity index (χ1v) is 10.1. The Morgan fingerprint density at radius 2 is 1.83 bits per heavy atom. The van der Waals surface area contributed by atoms with Crippen LogP contribution in [0.1, 0.15) is 48.1 Å². The predicted octanol–water partition coefficient (Wildman–Crippen LogP) is 3.92. The monoisotopic (exact) mass is 432 g/mol. The molecule has 0 saturated carbocycles. The number of hydrogen-bond acceptors (Lipinski definition) is 4. The summed E-state index contributed by atoms with van der Waals surface area (Å²) in [6, 6.07) is 16.0. The number of aromatic carboxylic acids is 1. The van der Waals surface area contributed by atoms with Crippen molar-refractivity contribution in [2.75, 3.05) is 19.7 Å². The number of carboxylic acids is 1. The Hall–Kier alpha value is -2.57. The summed E-state index contributed by atoms with van der Waals surface area (Å²) in [4.78, 5) is 26.1. The van der Waals surface area contributed by atoms with Gasteiger partial charge in [-0.1, -0.05) is 36.8 Å². The fourth-order valence-electron chi connectivity index (χ4n) is 3.66. The summed E-state index contributed by atoms with van der Waals surface area (Å²) in [5.41, 5.74) is 1.13. The Morgan fingerprint density at radius 3 is 2.50 bits per heavy atom. The molecule has 3 rings (SSSR count). The molecule has 2 aromatic rings. The number of carboxylic acid groups (broad SMARTS) is 1. The standard InChI is InChI=1S/C23H28N2O4.ClH/c1-17(18-10-12-19(13-11-18)23(27)28)24-22(26)21-9-5-6-14-25(21)15-16-29-20-7-3-2-4-8-20;/h2-4,7-8,10-13,17,21H,5-6,9,14-16H2,1H3,(H,24,26)(H,27,28);1H/t17-,21+;/m0./s1. The van der Waals surface area contributed by atoms with Crippen LogP contribution < -0.4 is 10.1 Å². The number of likely N-dealkylation sites (tertiary alicyclic amines) is 1. The van der Waals surface area contributed by atoms with Crippen molar-refractivity contribution >= 4 is 24.3 Å². The quantitative estimate of drug-likeness (QED) is 0.661. The maximum absolute atomic E-state index is 12.9. The van der Waals surface area contributed by atoms with Crippen molar-refractivity contribution in [2.24, 2.45) is 0 Å². The molecule has 0 bridgehead atoms. The van der Waals surface area contributed by atoms with Gasteiger partial charge in [-0.15, -0.1) is 12.4 Å². The Balaban J connectivity index is 0.00000320. The SMILES string of the molecule is C[C@H](NC(=O)[C@H]1CCCCN1CCOc1ccccc1)c1ccc(C(=O)O)cc1.Cl. The van der Waals surface area contributed by atoms with Gasteiger partial charge in [-0.25, -0.2) is 4.79 Å². The predicted molar refractivity (Wildman–Crippen MR) is 118 cm³/mol. The highest BCUT2D eigenvalue weighted by Crippen LogP contribution is 2.20. The van der Waals surface area contributed by atoms with Crippen LogP contribution in [0.4, 0.5) is 0 Å². The molecular weight excluding hydrogens is 404 g/mol. The molecule has 1 saturated heterocycles. The second kappa shape index (κ2) is 11.6. The van der Waals surface area contributed by atoms with E-state index in [0.717, 1.165) is 37.1 Å². The number of piperidine rings is 1. The Kier molecular flexibility index (Phi) is 9.15. The summed E-state index contributed by atoms with van der Waals surface area (Å²) >= 11 is 0. The van der Waals surface area contributed by atoms with Gasteiger partial charge in [0.25, 0.3) is 0 Å². The van der Waals surface area contributed by atoms with Crippen LogP contribution in [0.2, 0.25) is 0 Å². The maximum atomic E-state index is 12.9. The molecule has 1 amide bonds. The van der Waals surface area contributed by atoms with Gasteiger partial charge in [-0.2, -0.15) is 0 Å². The van der Waals surface area contributed by atoms with Gasteiger partial charge >= 0.3 is 5.97 Å². The van der Waals surface area contributed by atoms with Gasteiger partial charge < -0.3 is 15.2 Å². The summed E-state index contributed by atoms with van der Waals surface area (Å²) in [6.07, 6.45) is 2.96. The molecule has 0 unspecified atom stereocenters. The minimum Gasteiger partial charge on any atom is -0.492 e. The van der Waals surface area contributed by atoms with E-state index in [0.29, 0.717) is 13.2 Å². The fraction of sp³-hybridized carbons (Fsp3) is 0.391. The van der Waals surface area contributed by atoms with E-state index in [9.17, 15) is 9.59 Å². The molecule has 2 N–H and O–H groups in total. The number of hydrogen-bond donors (Lipinski definition) is 2. The number of amides is 1. The summed E-state index contributed by atoms with van der Waals surface area (Å²) in [7, 11) is 0. The number of benzene rings is 2. The number of halogens is 1. The van der Waals surface area contributed by atoms with Crippen molar-refractivity contribution in [2.45, 2.75) is 38.3 Å². The van der Waals surface area contributed by atoms with Crippen molar-refractivity contribution in [1.29, 1.82) is 0 Å². The molecule has 0 aromatic heterocycles. The van der Waals surface area contributed by atoms with E-state index < -0.39 is 5.97 Å². The van der Waals surface area contributed by atoms with Gasteiger partial charge in [-0.3, -0.25) is 9.69 Å². The van der Waals surface area contributed by atoms with E-state index in [2.05, 4.69) is 10.2 Å². The molecule has 1 aliphatic heterocycles. The highest BCUT2D eigenvalue weighted by atomic mass is 35.5. The van der Waals surface area contributed by atoms with Crippen LogP contribution in [-0.2, 0) is 4.79 Å². The first-order chi connectivity index (χ1) is 14.0. The molecule has 0 radical (unpaired) electrons. The normalized spacial score (nSPS) is 17.4. The lowest BCUT2D eigenvalue weighted by molar-refractivity contribution is -0.128. The molecule has 30 heavy (non-hydrogen) atoms. The molecular formula is C23H29ClN2O4. The molecule has 1 heterocycles. The summed E-state index contributed by atoms with van der Waals surface area (Å²) in [5.74, 6) is -0.105. The first kappa shape index (κ1) is 23.7. The number of ether oxygens (including phenoxy) is 1. The molecule has 0 aliphatic carbocycles. The van der Waals surface area contributed by atoms with Gasteiger partial charge in [0.05, 0.1) is 17.6 Å². The zero-order valence-electron chi connectivity index (χ0n) is 17.1. The van der Waals surface area contributed by atoms with Gasteiger partial charge in [-0.05, 0) is 56.1 Å². The zero-order chi connectivity index (χ0) is 20.6. The Labute approximate surface area is 183 Å². The lowest BCUT2D eigenvalue weighted by Gasteiger charge is -2.35. The van der Waals surface area contributed by atoms with E-state index >= 15 is 0 Å². The first-order valence-electron chi connectivity index (χ1n) is 10.1. The lowest BCUT2D eigenvalue weighted by Crippen LogP contribution is -2.51. The number of carbonyl (C=O) groups is 2. The Morgan fingerprint density at radius 1 is 1.13 bits per heavy atom. The molecule has 0 spiro atoms. The van der Waals surface area contributed by atoms with E-state index in [1.165, 1.54) is 0 Å². The smallest absolute Gasteiger partial charge is 0.335 e. The second-order valence-corrected chi connectivity index (χ2v) is 7.37. The van der Waals surface area contributed by atoms with Crippen molar-refractivity contribution in [1.82, 2.24) is 10.2 Å². The average Bonchev–Trinajstić information content (AvgIpc) is 2.75.